The Bertz CT molecular complexity index is 1360. The molecule has 31 heavy (non-hydrogen) atoms. The molecular formula is C22H20N4O3S2. The number of rotatable bonds is 6. The van der Waals surface area contributed by atoms with Crippen molar-refractivity contribution in [3.63, 3.8) is 0 Å². The van der Waals surface area contributed by atoms with Crippen molar-refractivity contribution in [1.82, 2.24) is 9.97 Å². The molecule has 0 atom stereocenters. The van der Waals surface area contributed by atoms with E-state index in [2.05, 4.69) is 28.5 Å². The van der Waals surface area contributed by atoms with Crippen LogP contribution >= 0.6 is 11.3 Å². The highest BCUT2D eigenvalue weighted by Crippen LogP contribution is 2.35. The maximum Gasteiger partial charge on any atom is 0.263 e. The topological polar surface area (TPSA) is 115 Å². The number of sulfonamides is 1. The van der Waals surface area contributed by atoms with Gasteiger partial charge < -0.3 is 5.73 Å². The zero-order valence-corrected chi connectivity index (χ0v) is 18.5. The number of ketones is 1. The van der Waals surface area contributed by atoms with Crippen molar-refractivity contribution in [2.24, 2.45) is 0 Å². The fourth-order valence-corrected chi connectivity index (χ4v) is 5.11. The average Bonchev–Trinajstić information content (AvgIpc) is 3.09. The van der Waals surface area contributed by atoms with E-state index < -0.39 is 10.0 Å². The highest BCUT2D eigenvalue weighted by molar-refractivity contribution is 7.92. The van der Waals surface area contributed by atoms with Gasteiger partial charge in [0.15, 0.2) is 0 Å². The maximum atomic E-state index is 13.0. The van der Waals surface area contributed by atoms with Crippen molar-refractivity contribution >= 4 is 48.9 Å². The van der Waals surface area contributed by atoms with Crippen molar-refractivity contribution in [3.05, 3.63) is 76.9 Å². The van der Waals surface area contributed by atoms with Crippen LogP contribution < -0.4 is 10.5 Å². The van der Waals surface area contributed by atoms with Crippen molar-refractivity contribution in [2.75, 3.05) is 10.5 Å². The molecule has 158 valence electrons. The molecular weight excluding hydrogens is 432 g/mol. The second-order valence-corrected chi connectivity index (χ2v) is 9.94. The lowest BCUT2D eigenvalue weighted by Crippen LogP contribution is -2.14. The minimum atomic E-state index is -3.82. The van der Waals surface area contributed by atoms with E-state index in [4.69, 9.17) is 5.73 Å². The van der Waals surface area contributed by atoms with Crippen LogP contribution in [0.25, 0.3) is 10.2 Å². The molecule has 9 heteroatoms. The molecule has 0 spiro atoms. The molecule has 0 saturated heterocycles. The summed E-state index contributed by atoms with van der Waals surface area (Å²) in [6, 6.07) is 14.5. The molecule has 4 aromatic rings. The number of nitrogens with two attached hydrogens (primary N) is 1. The number of nitrogen functional groups attached to an aromatic ring is 1. The molecule has 0 aliphatic rings. The third kappa shape index (κ3) is 4.14. The molecule has 4 rings (SSSR count). The lowest BCUT2D eigenvalue weighted by Gasteiger charge is -2.07. The number of benzene rings is 1. The number of aromatic nitrogens is 2. The van der Waals surface area contributed by atoms with E-state index in [1.165, 1.54) is 41.8 Å². The molecule has 0 aliphatic heterocycles. The van der Waals surface area contributed by atoms with E-state index >= 15 is 0 Å². The van der Waals surface area contributed by atoms with Crippen LogP contribution in [0.15, 0.2) is 65.7 Å². The molecule has 0 amide bonds. The molecule has 3 heterocycles. The van der Waals surface area contributed by atoms with E-state index in [1.807, 2.05) is 12.1 Å². The number of nitrogens with one attached hydrogen (secondary N) is 1. The Morgan fingerprint density at radius 3 is 2.45 bits per heavy atom. The summed E-state index contributed by atoms with van der Waals surface area (Å²) in [5.74, 6) is 0.211. The Hall–Kier alpha value is -3.30. The van der Waals surface area contributed by atoms with Gasteiger partial charge in [-0.2, -0.15) is 0 Å². The first-order valence-electron chi connectivity index (χ1n) is 9.54. The third-order valence-electron chi connectivity index (χ3n) is 4.74. The lowest BCUT2D eigenvalue weighted by atomic mass is 10.1. The minimum Gasteiger partial charge on any atom is -0.397 e. The smallest absolute Gasteiger partial charge is 0.263 e. The van der Waals surface area contributed by atoms with E-state index in [1.54, 1.807) is 18.2 Å². The van der Waals surface area contributed by atoms with Crippen LogP contribution in [-0.2, 0) is 10.0 Å². The number of carbonyl (C=O) groups excluding carboxylic acids is 1. The van der Waals surface area contributed by atoms with Gasteiger partial charge in [0.1, 0.15) is 15.5 Å². The van der Waals surface area contributed by atoms with E-state index in [9.17, 15) is 13.2 Å². The first-order chi connectivity index (χ1) is 14.8. The summed E-state index contributed by atoms with van der Waals surface area (Å²) < 4.78 is 27.5. The van der Waals surface area contributed by atoms with Gasteiger partial charge in [0.2, 0.25) is 5.78 Å². The summed E-state index contributed by atoms with van der Waals surface area (Å²) in [6.07, 6.45) is 1.49. The van der Waals surface area contributed by atoms with Gasteiger partial charge in [-0.3, -0.25) is 9.52 Å². The number of carbonyl (C=O) groups is 1. The summed E-state index contributed by atoms with van der Waals surface area (Å²) in [6.45, 7) is 4.10. The van der Waals surface area contributed by atoms with Gasteiger partial charge in [-0.25, -0.2) is 18.4 Å². The predicted octanol–water partition coefficient (Wildman–Crippen LogP) is 4.43. The number of thiophene rings is 1. The number of pyridine rings is 2. The summed E-state index contributed by atoms with van der Waals surface area (Å²) in [5, 5.41) is 0.747. The van der Waals surface area contributed by atoms with Crippen LogP contribution in [0.5, 0.6) is 0 Å². The van der Waals surface area contributed by atoms with Crippen molar-refractivity contribution < 1.29 is 13.2 Å². The van der Waals surface area contributed by atoms with E-state index in [0.717, 1.165) is 11.1 Å². The summed E-state index contributed by atoms with van der Waals surface area (Å²) in [7, 11) is -3.82. The number of hydrogen-bond acceptors (Lipinski definition) is 7. The van der Waals surface area contributed by atoms with Gasteiger partial charge in [-0.15, -0.1) is 11.3 Å². The molecule has 0 aliphatic carbocycles. The monoisotopic (exact) mass is 452 g/mol. The number of nitrogens with zero attached hydrogens (tertiary/aromatic N) is 2. The highest BCUT2D eigenvalue weighted by Gasteiger charge is 2.21. The maximum absolute atomic E-state index is 13.0. The highest BCUT2D eigenvalue weighted by atomic mass is 32.2. The fourth-order valence-electron chi connectivity index (χ4n) is 3.04. The summed E-state index contributed by atoms with van der Waals surface area (Å²) in [4.78, 5) is 22.7. The summed E-state index contributed by atoms with van der Waals surface area (Å²) in [5.41, 5.74) is 7.89. The second kappa shape index (κ2) is 8.09. The first-order valence-corrected chi connectivity index (χ1v) is 11.8. The van der Waals surface area contributed by atoms with Crippen molar-refractivity contribution in [3.8, 4) is 0 Å². The Morgan fingerprint density at radius 1 is 1.06 bits per heavy atom. The standard InChI is InChI=1S/C22H20N4O3S2/c1-13(2)17-11-10-16-19(23)21(30-22(16)25-17)20(27)14-6-8-15(9-7-14)31(28,29)26-18-5-3-4-12-24-18/h3-13H,23H2,1-2H3,(H,24,26). The normalized spacial score (nSPS) is 11.7. The van der Waals surface area contributed by atoms with E-state index in [-0.39, 0.29) is 22.4 Å². The van der Waals surface area contributed by atoms with Gasteiger partial charge in [-0.05, 0) is 54.4 Å². The largest absolute Gasteiger partial charge is 0.397 e. The number of fused-ring (bicyclic) bond motifs is 1. The molecule has 3 aromatic heterocycles. The van der Waals surface area contributed by atoms with Crippen LogP contribution in [-0.4, -0.2) is 24.2 Å². The van der Waals surface area contributed by atoms with Crippen LogP contribution in [0.4, 0.5) is 11.5 Å². The van der Waals surface area contributed by atoms with Gasteiger partial charge in [-0.1, -0.05) is 19.9 Å². The zero-order valence-electron chi connectivity index (χ0n) is 16.9. The molecule has 0 fully saturated rings. The molecule has 1 aromatic carbocycles. The zero-order chi connectivity index (χ0) is 22.2. The lowest BCUT2D eigenvalue weighted by molar-refractivity contribution is 0.104. The van der Waals surface area contributed by atoms with Gasteiger partial charge in [0.25, 0.3) is 10.0 Å². The summed E-state index contributed by atoms with van der Waals surface area (Å²) >= 11 is 1.25. The Morgan fingerprint density at radius 2 is 1.81 bits per heavy atom. The average molecular weight is 453 g/mol. The number of anilines is 2. The second-order valence-electron chi connectivity index (χ2n) is 7.26. The third-order valence-corrected chi connectivity index (χ3v) is 7.23. The van der Waals surface area contributed by atoms with Crippen LogP contribution in [0.1, 0.15) is 40.7 Å². The Kier molecular flexibility index (Phi) is 5.47. The van der Waals surface area contributed by atoms with Gasteiger partial charge in [0.05, 0.1) is 10.6 Å². The van der Waals surface area contributed by atoms with Crippen LogP contribution in [0, 0.1) is 0 Å². The Labute approximate surface area is 184 Å². The molecule has 0 unspecified atom stereocenters. The fraction of sp³-hybridized carbons (Fsp3) is 0.136. The van der Waals surface area contributed by atoms with E-state index in [0.29, 0.717) is 21.0 Å². The molecule has 0 radical (unpaired) electrons. The van der Waals surface area contributed by atoms with Crippen molar-refractivity contribution in [2.45, 2.75) is 24.7 Å². The Balaban J connectivity index is 1.62. The molecule has 0 saturated carbocycles. The molecule has 0 bridgehead atoms. The molecule has 7 nitrogen and oxygen atoms in total. The predicted molar refractivity (Wildman–Crippen MR) is 123 cm³/mol. The molecule has 3 N–H and O–H groups in total. The minimum absolute atomic E-state index is 0.0299. The SMILES string of the molecule is CC(C)c1ccc2c(N)c(C(=O)c3ccc(S(=O)(=O)Nc4ccccn4)cc3)sc2n1. The van der Waals surface area contributed by atoms with Crippen LogP contribution in [0.2, 0.25) is 0 Å². The quantitative estimate of drug-likeness (QED) is 0.418. The van der Waals surface area contributed by atoms with Crippen LogP contribution in [0.3, 0.4) is 0 Å². The van der Waals surface area contributed by atoms with Crippen molar-refractivity contribution in [1.29, 1.82) is 0 Å². The van der Waals surface area contributed by atoms with Gasteiger partial charge in [0, 0.05) is 22.8 Å². The number of hydrogen-bond donors (Lipinski definition) is 2. The van der Waals surface area contributed by atoms with Gasteiger partial charge >= 0.3 is 0 Å². The first kappa shape index (κ1) is 21.0.